The number of ether oxygens (including phenoxy) is 1. The molecule has 0 atom stereocenters. The highest BCUT2D eigenvalue weighted by molar-refractivity contribution is 9.10. The van der Waals surface area contributed by atoms with Crippen LogP contribution in [0.25, 0.3) is 0 Å². The molecule has 1 saturated heterocycles. The van der Waals surface area contributed by atoms with Crippen molar-refractivity contribution in [3.63, 3.8) is 0 Å². The van der Waals surface area contributed by atoms with Crippen molar-refractivity contribution in [2.45, 2.75) is 6.42 Å². The summed E-state index contributed by atoms with van der Waals surface area (Å²) < 4.78 is 6.00. The Morgan fingerprint density at radius 2 is 2.10 bits per heavy atom. The molecule has 6 heteroatoms. The average molecular weight is 342 g/mol. The van der Waals surface area contributed by atoms with Crippen molar-refractivity contribution in [2.75, 3.05) is 46.4 Å². The number of hydrogen-bond donors (Lipinski definition) is 0. The first-order valence-corrected chi connectivity index (χ1v) is 7.58. The summed E-state index contributed by atoms with van der Waals surface area (Å²) in [5.74, 6) is 0.159. The summed E-state index contributed by atoms with van der Waals surface area (Å²) in [7, 11) is 1.71. The maximum atomic E-state index is 12.2. The van der Waals surface area contributed by atoms with E-state index in [1.807, 2.05) is 17.0 Å². The van der Waals surface area contributed by atoms with Crippen molar-refractivity contribution >= 4 is 21.8 Å². The molecule has 0 unspecified atom stereocenters. The molecule has 2 rings (SSSR count). The van der Waals surface area contributed by atoms with Crippen LogP contribution in [0, 0.1) is 0 Å². The van der Waals surface area contributed by atoms with Gasteiger partial charge in [0.25, 0.3) is 0 Å². The van der Waals surface area contributed by atoms with Crippen molar-refractivity contribution in [1.82, 2.24) is 14.8 Å². The van der Waals surface area contributed by atoms with Gasteiger partial charge in [0.15, 0.2) is 0 Å². The number of carbonyl (C=O) groups excluding carboxylic acids is 1. The number of methoxy groups -OCH3 is 1. The SMILES string of the molecule is COCCN1CCN(C(=O)Cc2ccc(Br)cn2)CC1. The van der Waals surface area contributed by atoms with Crippen molar-refractivity contribution in [1.29, 1.82) is 0 Å². The molecule has 1 aliphatic rings. The molecule has 0 aliphatic carbocycles. The molecule has 5 nitrogen and oxygen atoms in total. The van der Waals surface area contributed by atoms with Crippen molar-refractivity contribution in [3.8, 4) is 0 Å². The lowest BCUT2D eigenvalue weighted by molar-refractivity contribution is -0.132. The Kier molecular flexibility index (Phi) is 5.94. The minimum atomic E-state index is 0.159. The van der Waals surface area contributed by atoms with Crippen molar-refractivity contribution < 1.29 is 9.53 Å². The molecule has 0 N–H and O–H groups in total. The van der Waals surface area contributed by atoms with E-state index in [1.54, 1.807) is 13.3 Å². The van der Waals surface area contributed by atoms with Gasteiger partial charge in [-0.25, -0.2) is 0 Å². The molecule has 0 bridgehead atoms. The van der Waals surface area contributed by atoms with Crippen molar-refractivity contribution in [2.24, 2.45) is 0 Å². The third-order valence-electron chi connectivity index (χ3n) is 3.46. The number of aromatic nitrogens is 1. The lowest BCUT2D eigenvalue weighted by atomic mass is 10.2. The van der Waals surface area contributed by atoms with Gasteiger partial charge in [-0.1, -0.05) is 0 Å². The number of halogens is 1. The van der Waals surface area contributed by atoms with Gasteiger partial charge in [0.2, 0.25) is 5.91 Å². The van der Waals surface area contributed by atoms with Crippen LogP contribution in [0.3, 0.4) is 0 Å². The summed E-state index contributed by atoms with van der Waals surface area (Å²) in [6, 6.07) is 3.80. The molecular weight excluding hydrogens is 322 g/mol. The van der Waals surface area contributed by atoms with Crippen LogP contribution < -0.4 is 0 Å². The molecule has 1 aromatic rings. The van der Waals surface area contributed by atoms with Gasteiger partial charge in [0, 0.05) is 56.2 Å². The first-order chi connectivity index (χ1) is 9.69. The fourth-order valence-electron chi connectivity index (χ4n) is 2.22. The summed E-state index contributed by atoms with van der Waals surface area (Å²) in [6.45, 7) is 5.10. The standard InChI is InChI=1S/C14H20BrN3O2/c1-20-9-8-17-4-6-18(7-5-17)14(19)10-13-3-2-12(15)11-16-13/h2-3,11H,4-10H2,1H3. The zero-order valence-corrected chi connectivity index (χ0v) is 13.3. The average Bonchev–Trinajstić information content (AvgIpc) is 2.48. The second kappa shape index (κ2) is 7.71. The van der Waals surface area contributed by atoms with E-state index >= 15 is 0 Å². The van der Waals surface area contributed by atoms with Crippen LogP contribution in [0.15, 0.2) is 22.8 Å². The van der Waals surface area contributed by atoms with Crippen LogP contribution >= 0.6 is 15.9 Å². The zero-order valence-electron chi connectivity index (χ0n) is 11.7. The van der Waals surface area contributed by atoms with Gasteiger partial charge in [0.05, 0.1) is 13.0 Å². The molecule has 0 saturated carbocycles. The summed E-state index contributed by atoms with van der Waals surface area (Å²) in [6.07, 6.45) is 2.11. The number of hydrogen-bond acceptors (Lipinski definition) is 4. The number of carbonyl (C=O) groups is 1. The van der Waals surface area contributed by atoms with E-state index in [-0.39, 0.29) is 5.91 Å². The highest BCUT2D eigenvalue weighted by Crippen LogP contribution is 2.09. The molecule has 2 heterocycles. The maximum Gasteiger partial charge on any atom is 0.228 e. The van der Waals surface area contributed by atoms with Gasteiger partial charge in [-0.2, -0.15) is 0 Å². The van der Waals surface area contributed by atoms with Crippen LogP contribution in [-0.2, 0) is 16.0 Å². The Balaban J connectivity index is 1.78. The quantitative estimate of drug-likeness (QED) is 0.806. The molecular formula is C14H20BrN3O2. The fraction of sp³-hybridized carbons (Fsp3) is 0.571. The first kappa shape index (κ1) is 15.4. The summed E-state index contributed by atoms with van der Waals surface area (Å²) in [5, 5.41) is 0. The third kappa shape index (κ3) is 4.54. The summed E-state index contributed by atoms with van der Waals surface area (Å²) >= 11 is 3.34. The van der Waals surface area contributed by atoms with Crippen LogP contribution in [0.4, 0.5) is 0 Å². The monoisotopic (exact) mass is 341 g/mol. The highest BCUT2D eigenvalue weighted by Gasteiger charge is 2.21. The molecule has 0 spiro atoms. The molecule has 1 aliphatic heterocycles. The number of rotatable bonds is 5. The topological polar surface area (TPSA) is 45.7 Å². The number of piperazine rings is 1. The minimum Gasteiger partial charge on any atom is -0.383 e. The normalized spacial score (nSPS) is 16.4. The Hall–Kier alpha value is -0.980. The van der Waals surface area contributed by atoms with E-state index < -0.39 is 0 Å². The summed E-state index contributed by atoms with van der Waals surface area (Å²) in [4.78, 5) is 20.7. The van der Waals surface area contributed by atoms with Crippen LogP contribution in [0.5, 0.6) is 0 Å². The van der Waals surface area contributed by atoms with E-state index in [0.717, 1.165) is 49.5 Å². The van der Waals surface area contributed by atoms with E-state index in [1.165, 1.54) is 0 Å². The van der Waals surface area contributed by atoms with E-state index in [0.29, 0.717) is 6.42 Å². The maximum absolute atomic E-state index is 12.2. The van der Waals surface area contributed by atoms with Gasteiger partial charge in [-0.3, -0.25) is 14.7 Å². The van der Waals surface area contributed by atoms with E-state index in [4.69, 9.17) is 4.74 Å². The van der Waals surface area contributed by atoms with Gasteiger partial charge >= 0.3 is 0 Å². The largest absolute Gasteiger partial charge is 0.383 e. The molecule has 0 aromatic carbocycles. The Morgan fingerprint density at radius 3 is 2.70 bits per heavy atom. The minimum absolute atomic E-state index is 0.159. The number of nitrogens with zero attached hydrogens (tertiary/aromatic N) is 3. The van der Waals surface area contributed by atoms with Gasteiger partial charge in [-0.15, -0.1) is 0 Å². The molecule has 0 radical (unpaired) electrons. The van der Waals surface area contributed by atoms with E-state index in [9.17, 15) is 4.79 Å². The fourth-order valence-corrected chi connectivity index (χ4v) is 2.45. The third-order valence-corrected chi connectivity index (χ3v) is 3.93. The predicted octanol–water partition coefficient (Wildman–Crippen LogP) is 1.18. The van der Waals surface area contributed by atoms with Crippen molar-refractivity contribution in [3.05, 3.63) is 28.5 Å². The molecule has 20 heavy (non-hydrogen) atoms. The van der Waals surface area contributed by atoms with Crippen LogP contribution in [-0.4, -0.2) is 67.1 Å². The van der Waals surface area contributed by atoms with Gasteiger partial charge in [0.1, 0.15) is 0 Å². The second-order valence-corrected chi connectivity index (χ2v) is 5.78. The van der Waals surface area contributed by atoms with E-state index in [2.05, 4.69) is 25.8 Å². The number of amides is 1. The molecule has 1 amide bonds. The Bertz CT molecular complexity index is 431. The highest BCUT2D eigenvalue weighted by atomic mass is 79.9. The Morgan fingerprint density at radius 1 is 1.35 bits per heavy atom. The summed E-state index contributed by atoms with van der Waals surface area (Å²) in [5.41, 5.74) is 0.819. The van der Waals surface area contributed by atoms with Crippen LogP contribution in [0.2, 0.25) is 0 Å². The predicted molar refractivity (Wildman–Crippen MR) is 80.5 cm³/mol. The lowest BCUT2D eigenvalue weighted by Gasteiger charge is -2.34. The number of pyridine rings is 1. The molecule has 1 fully saturated rings. The van der Waals surface area contributed by atoms with Crippen LogP contribution in [0.1, 0.15) is 5.69 Å². The first-order valence-electron chi connectivity index (χ1n) is 6.78. The Labute approximate surface area is 128 Å². The molecule has 110 valence electrons. The second-order valence-electron chi connectivity index (χ2n) is 4.86. The smallest absolute Gasteiger partial charge is 0.228 e. The molecule has 1 aromatic heterocycles. The zero-order chi connectivity index (χ0) is 14.4. The lowest BCUT2D eigenvalue weighted by Crippen LogP contribution is -2.49. The van der Waals surface area contributed by atoms with Gasteiger partial charge in [-0.05, 0) is 28.1 Å². The van der Waals surface area contributed by atoms with Gasteiger partial charge < -0.3 is 9.64 Å².